The van der Waals surface area contributed by atoms with Gasteiger partial charge in [0.05, 0.1) is 6.61 Å². The van der Waals surface area contributed by atoms with E-state index in [4.69, 9.17) is 4.74 Å². The Morgan fingerprint density at radius 2 is 2.12 bits per heavy atom. The van der Waals surface area contributed by atoms with Crippen molar-refractivity contribution in [3.05, 3.63) is 29.8 Å². The molecule has 0 radical (unpaired) electrons. The van der Waals surface area contributed by atoms with E-state index in [0.29, 0.717) is 13.0 Å². The normalized spacial score (nSPS) is 22.3. The first-order valence-corrected chi connectivity index (χ1v) is 6.07. The molecule has 1 atom stereocenters. The third-order valence-corrected chi connectivity index (χ3v) is 3.32. The van der Waals surface area contributed by atoms with Crippen LogP contribution in [0.1, 0.15) is 38.7 Å². The molecule has 0 aliphatic carbocycles. The number of nitrogens with one attached hydrogen (secondary N) is 1. The number of hydrogen-bond acceptors (Lipinski definition) is 2. The Morgan fingerprint density at radius 3 is 2.71 bits per heavy atom. The molecule has 0 aromatic heterocycles. The van der Waals surface area contributed by atoms with Gasteiger partial charge in [0, 0.05) is 23.4 Å². The highest BCUT2D eigenvalue weighted by atomic mass is 16.5. The van der Waals surface area contributed by atoms with Crippen molar-refractivity contribution in [1.29, 1.82) is 0 Å². The smallest absolute Gasteiger partial charge is 0.221 e. The van der Waals surface area contributed by atoms with Crippen LogP contribution in [0.2, 0.25) is 0 Å². The van der Waals surface area contributed by atoms with Crippen molar-refractivity contribution in [3.63, 3.8) is 0 Å². The van der Waals surface area contributed by atoms with Gasteiger partial charge < -0.3 is 10.1 Å². The fourth-order valence-electron chi connectivity index (χ4n) is 2.49. The number of carbonyl (C=O) groups is 1. The van der Waals surface area contributed by atoms with Crippen LogP contribution in [0, 0.1) is 0 Å². The highest BCUT2D eigenvalue weighted by Crippen LogP contribution is 2.40. The van der Waals surface area contributed by atoms with Gasteiger partial charge in [-0.05, 0) is 26.8 Å². The fraction of sp³-hybridized carbons (Fsp3) is 0.500. The lowest BCUT2D eigenvalue weighted by Crippen LogP contribution is -2.38. The summed E-state index contributed by atoms with van der Waals surface area (Å²) in [5, 5.41) is 3.02. The molecular formula is C14H19NO2. The van der Waals surface area contributed by atoms with Gasteiger partial charge in [0.2, 0.25) is 5.91 Å². The molecule has 1 unspecified atom stereocenters. The Bertz CT molecular complexity index is 426. The minimum absolute atomic E-state index is 0.117. The van der Waals surface area contributed by atoms with Crippen LogP contribution in [0.25, 0.3) is 0 Å². The Kier molecular flexibility index (Phi) is 3.09. The molecule has 2 rings (SSSR count). The molecule has 17 heavy (non-hydrogen) atoms. The van der Waals surface area contributed by atoms with Gasteiger partial charge in [-0.15, -0.1) is 0 Å². The number of amides is 1. The van der Waals surface area contributed by atoms with Crippen LogP contribution < -0.4 is 10.1 Å². The molecule has 1 aliphatic heterocycles. The quantitative estimate of drug-likeness (QED) is 0.871. The molecule has 1 aromatic rings. The van der Waals surface area contributed by atoms with Crippen molar-refractivity contribution >= 4 is 5.91 Å². The summed E-state index contributed by atoms with van der Waals surface area (Å²) in [5.74, 6) is 1.19. The number of hydrogen-bond donors (Lipinski definition) is 1. The Hall–Kier alpha value is -1.51. The zero-order chi connectivity index (χ0) is 12.5. The summed E-state index contributed by atoms with van der Waals surface area (Å²) >= 11 is 0. The van der Waals surface area contributed by atoms with E-state index in [1.807, 2.05) is 25.1 Å². The van der Waals surface area contributed by atoms with Crippen LogP contribution >= 0.6 is 0 Å². The summed E-state index contributed by atoms with van der Waals surface area (Å²) in [6, 6.07) is 7.98. The molecule has 1 N–H and O–H groups in total. The molecular weight excluding hydrogens is 214 g/mol. The van der Waals surface area contributed by atoms with Crippen molar-refractivity contribution in [1.82, 2.24) is 5.32 Å². The second-order valence-corrected chi connectivity index (χ2v) is 5.00. The van der Waals surface area contributed by atoms with E-state index < -0.39 is 0 Å². The molecule has 0 bridgehead atoms. The molecule has 3 nitrogen and oxygen atoms in total. The topological polar surface area (TPSA) is 38.3 Å². The van der Waals surface area contributed by atoms with Crippen molar-refractivity contribution in [2.24, 2.45) is 0 Å². The molecule has 1 amide bonds. The van der Waals surface area contributed by atoms with Gasteiger partial charge in [0.15, 0.2) is 0 Å². The second kappa shape index (κ2) is 4.40. The van der Waals surface area contributed by atoms with E-state index in [9.17, 15) is 4.79 Å². The van der Waals surface area contributed by atoms with Crippen LogP contribution in [0.15, 0.2) is 24.3 Å². The first-order chi connectivity index (χ1) is 8.04. The van der Waals surface area contributed by atoms with Crippen LogP contribution in [0.3, 0.4) is 0 Å². The lowest BCUT2D eigenvalue weighted by atomic mass is 9.83. The van der Waals surface area contributed by atoms with Crippen molar-refractivity contribution in [2.45, 2.75) is 38.6 Å². The minimum atomic E-state index is -0.204. The lowest BCUT2D eigenvalue weighted by molar-refractivity contribution is -0.119. The van der Waals surface area contributed by atoms with Crippen molar-refractivity contribution < 1.29 is 9.53 Å². The fourth-order valence-corrected chi connectivity index (χ4v) is 2.49. The third-order valence-electron chi connectivity index (χ3n) is 3.32. The minimum Gasteiger partial charge on any atom is -0.494 e. The average Bonchev–Trinajstić information content (AvgIpc) is 2.53. The number of para-hydroxylation sites is 1. The summed E-state index contributed by atoms with van der Waals surface area (Å²) in [5.41, 5.74) is 0.919. The van der Waals surface area contributed by atoms with Crippen LogP contribution in [-0.4, -0.2) is 18.1 Å². The van der Waals surface area contributed by atoms with Crippen LogP contribution in [0.5, 0.6) is 5.75 Å². The van der Waals surface area contributed by atoms with E-state index in [0.717, 1.165) is 11.3 Å². The molecule has 0 saturated carbocycles. The van der Waals surface area contributed by atoms with Crippen LogP contribution in [0.4, 0.5) is 0 Å². The van der Waals surface area contributed by atoms with E-state index in [-0.39, 0.29) is 17.4 Å². The predicted molar refractivity (Wildman–Crippen MR) is 67.2 cm³/mol. The molecule has 1 aromatic carbocycles. The maximum Gasteiger partial charge on any atom is 0.221 e. The van der Waals surface area contributed by atoms with E-state index >= 15 is 0 Å². The molecule has 1 aliphatic rings. The summed E-state index contributed by atoms with van der Waals surface area (Å²) in [7, 11) is 0. The van der Waals surface area contributed by atoms with Crippen LogP contribution in [-0.2, 0) is 4.79 Å². The summed E-state index contributed by atoms with van der Waals surface area (Å²) in [6.07, 6.45) is 0.539. The lowest BCUT2D eigenvalue weighted by Gasteiger charge is -2.28. The Labute approximate surface area is 102 Å². The number of rotatable bonds is 3. The predicted octanol–water partition coefficient (Wildman–Crippen LogP) is 2.47. The summed E-state index contributed by atoms with van der Waals surface area (Å²) in [4.78, 5) is 11.6. The van der Waals surface area contributed by atoms with Gasteiger partial charge >= 0.3 is 0 Å². The van der Waals surface area contributed by atoms with Gasteiger partial charge in [-0.3, -0.25) is 4.79 Å². The van der Waals surface area contributed by atoms with E-state index in [1.165, 1.54) is 0 Å². The highest BCUT2D eigenvalue weighted by molar-refractivity contribution is 5.81. The number of ether oxygens (including phenoxy) is 1. The maximum atomic E-state index is 11.6. The van der Waals surface area contributed by atoms with Gasteiger partial charge in [-0.1, -0.05) is 18.2 Å². The first kappa shape index (κ1) is 12.0. The maximum absolute atomic E-state index is 11.6. The zero-order valence-corrected chi connectivity index (χ0v) is 10.6. The van der Waals surface area contributed by atoms with Gasteiger partial charge in [-0.25, -0.2) is 0 Å². The van der Waals surface area contributed by atoms with E-state index in [2.05, 4.69) is 25.2 Å². The van der Waals surface area contributed by atoms with Crippen molar-refractivity contribution in [3.8, 4) is 5.75 Å². The van der Waals surface area contributed by atoms with Crippen molar-refractivity contribution in [2.75, 3.05) is 6.61 Å². The zero-order valence-electron chi connectivity index (χ0n) is 10.6. The molecule has 3 heteroatoms. The largest absolute Gasteiger partial charge is 0.494 e. The second-order valence-electron chi connectivity index (χ2n) is 5.00. The standard InChI is InChI=1S/C14H19NO2/c1-4-17-12-8-6-5-7-10(12)11-9-13(16)15-14(11,2)3/h5-8,11H,4,9H2,1-3H3,(H,15,16). The Balaban J connectivity index is 2.36. The average molecular weight is 233 g/mol. The molecule has 0 spiro atoms. The third kappa shape index (κ3) is 2.28. The first-order valence-electron chi connectivity index (χ1n) is 6.07. The highest BCUT2D eigenvalue weighted by Gasteiger charge is 2.41. The molecule has 1 saturated heterocycles. The van der Waals surface area contributed by atoms with Gasteiger partial charge in [0.25, 0.3) is 0 Å². The SMILES string of the molecule is CCOc1ccccc1C1CC(=O)NC1(C)C. The summed E-state index contributed by atoms with van der Waals surface area (Å²) < 4.78 is 5.64. The Morgan fingerprint density at radius 1 is 1.41 bits per heavy atom. The number of carbonyl (C=O) groups excluding carboxylic acids is 1. The monoisotopic (exact) mass is 233 g/mol. The van der Waals surface area contributed by atoms with E-state index in [1.54, 1.807) is 0 Å². The van der Waals surface area contributed by atoms with Gasteiger partial charge in [0.1, 0.15) is 5.75 Å². The molecule has 1 heterocycles. The number of benzene rings is 1. The van der Waals surface area contributed by atoms with Gasteiger partial charge in [-0.2, -0.15) is 0 Å². The molecule has 92 valence electrons. The molecule has 1 fully saturated rings. The summed E-state index contributed by atoms with van der Waals surface area (Å²) in [6.45, 7) is 6.74.